The van der Waals surface area contributed by atoms with Crippen molar-refractivity contribution in [3.8, 4) is 62.1 Å². The molecule has 0 fully saturated rings. The third-order valence-corrected chi connectivity index (χ3v) is 11.0. The van der Waals surface area contributed by atoms with E-state index in [1.807, 2.05) is 18.2 Å². The van der Waals surface area contributed by atoms with Gasteiger partial charge in [0.25, 0.3) is 0 Å². The van der Waals surface area contributed by atoms with Crippen LogP contribution in [0.3, 0.4) is 0 Å². The zero-order valence-corrected chi connectivity index (χ0v) is 30.9. The topological polar surface area (TPSA) is 43.6 Å². The Balaban J connectivity index is 1.17. The minimum atomic E-state index is 0.614. The second-order valence-corrected chi connectivity index (χ2v) is 14.4. The summed E-state index contributed by atoms with van der Waals surface area (Å²) in [7, 11) is 0. The molecule has 2 aromatic heterocycles. The first-order valence-electron chi connectivity index (χ1n) is 19.3. The molecule has 57 heavy (non-hydrogen) atoms. The van der Waals surface area contributed by atoms with E-state index in [2.05, 4.69) is 193 Å². The summed E-state index contributed by atoms with van der Waals surface area (Å²) in [4.78, 5) is 15.8. The minimum Gasteiger partial charge on any atom is -0.309 e. The Morgan fingerprint density at radius 3 is 1.46 bits per heavy atom. The number of fused-ring (bicyclic) bond motifs is 6. The number of rotatable bonds is 6. The fourth-order valence-corrected chi connectivity index (χ4v) is 8.35. The third kappa shape index (κ3) is 5.66. The highest BCUT2D eigenvalue weighted by Gasteiger charge is 2.20. The summed E-state index contributed by atoms with van der Waals surface area (Å²) in [6, 6.07) is 72.8. The summed E-state index contributed by atoms with van der Waals surface area (Å²) < 4.78 is 2.39. The lowest BCUT2D eigenvalue weighted by atomic mass is 9.94. The van der Waals surface area contributed by atoms with Crippen molar-refractivity contribution in [2.75, 3.05) is 0 Å². The van der Waals surface area contributed by atoms with E-state index >= 15 is 0 Å². The first kappa shape index (κ1) is 32.7. The Morgan fingerprint density at radius 2 is 0.789 bits per heavy atom. The standard InChI is InChI=1S/C53H34N4/c1-4-16-35(17-5-1)38-28-30-41-40(32-38)33-47(44-23-11-10-22-43(41)44)53-55-51(37-20-8-3-9-21-37)54-52(56-53)39-29-31-42(36-18-6-2-7-19-36)50(34-39)57-48-26-14-12-24-45(48)46-25-13-15-27-49(46)57/h1-34H. The van der Waals surface area contributed by atoms with Crippen molar-refractivity contribution in [3.63, 3.8) is 0 Å². The van der Waals surface area contributed by atoms with Gasteiger partial charge in [-0.15, -0.1) is 0 Å². The lowest BCUT2D eigenvalue weighted by Gasteiger charge is -2.17. The molecule has 9 aromatic carbocycles. The van der Waals surface area contributed by atoms with Gasteiger partial charge in [0.05, 0.1) is 16.7 Å². The highest BCUT2D eigenvalue weighted by atomic mass is 15.0. The van der Waals surface area contributed by atoms with Gasteiger partial charge in [-0.25, -0.2) is 15.0 Å². The van der Waals surface area contributed by atoms with E-state index in [0.717, 1.165) is 60.7 Å². The molecule has 0 saturated carbocycles. The first-order valence-corrected chi connectivity index (χ1v) is 19.3. The van der Waals surface area contributed by atoms with Crippen LogP contribution >= 0.6 is 0 Å². The molecule has 0 spiro atoms. The molecule has 4 nitrogen and oxygen atoms in total. The monoisotopic (exact) mass is 726 g/mol. The molecule has 0 unspecified atom stereocenters. The molecule has 0 amide bonds. The smallest absolute Gasteiger partial charge is 0.164 e. The van der Waals surface area contributed by atoms with E-state index in [1.54, 1.807) is 0 Å². The van der Waals surface area contributed by atoms with Gasteiger partial charge >= 0.3 is 0 Å². The molecule has 0 aliphatic carbocycles. The Morgan fingerprint density at radius 1 is 0.281 bits per heavy atom. The number of nitrogens with zero attached hydrogens (tertiary/aromatic N) is 4. The fourth-order valence-electron chi connectivity index (χ4n) is 8.35. The van der Waals surface area contributed by atoms with Crippen molar-refractivity contribution < 1.29 is 0 Å². The molecular formula is C53H34N4. The van der Waals surface area contributed by atoms with Gasteiger partial charge in [-0.1, -0.05) is 176 Å². The Kier molecular flexibility index (Phi) is 7.78. The maximum absolute atomic E-state index is 5.35. The number of benzene rings is 9. The van der Waals surface area contributed by atoms with Gasteiger partial charge in [0.15, 0.2) is 17.5 Å². The van der Waals surface area contributed by atoms with Crippen molar-refractivity contribution in [2.24, 2.45) is 0 Å². The SMILES string of the molecule is c1ccc(-c2ccc3c(c2)cc(-c2nc(-c4ccccc4)nc(-c4ccc(-c5ccccc5)c(-n5c6ccccc6c6ccccc65)c4)n2)c2ccccc23)cc1. The normalized spacial score (nSPS) is 11.5. The summed E-state index contributed by atoms with van der Waals surface area (Å²) >= 11 is 0. The van der Waals surface area contributed by atoms with Crippen molar-refractivity contribution in [1.82, 2.24) is 19.5 Å². The maximum Gasteiger partial charge on any atom is 0.164 e. The molecule has 0 atom stereocenters. The second kappa shape index (κ2) is 13.6. The van der Waals surface area contributed by atoms with Gasteiger partial charge in [-0.05, 0) is 68.6 Å². The second-order valence-electron chi connectivity index (χ2n) is 14.4. The van der Waals surface area contributed by atoms with Gasteiger partial charge in [-0.2, -0.15) is 0 Å². The Hall–Kier alpha value is -7.69. The quantitative estimate of drug-likeness (QED) is 0.160. The van der Waals surface area contributed by atoms with Crippen molar-refractivity contribution in [3.05, 3.63) is 206 Å². The predicted molar refractivity (Wildman–Crippen MR) is 236 cm³/mol. The molecule has 4 heteroatoms. The lowest BCUT2D eigenvalue weighted by molar-refractivity contribution is 1.07. The fraction of sp³-hybridized carbons (Fsp3) is 0. The molecule has 0 bridgehead atoms. The number of hydrogen-bond donors (Lipinski definition) is 0. The van der Waals surface area contributed by atoms with Crippen LogP contribution in [-0.4, -0.2) is 19.5 Å². The van der Waals surface area contributed by atoms with Crippen LogP contribution in [0.15, 0.2) is 206 Å². The van der Waals surface area contributed by atoms with Crippen LogP contribution in [0.4, 0.5) is 0 Å². The Bertz CT molecular complexity index is 3230. The zero-order chi connectivity index (χ0) is 37.7. The predicted octanol–water partition coefficient (Wildman–Crippen LogP) is 13.6. The van der Waals surface area contributed by atoms with E-state index in [9.17, 15) is 0 Å². The van der Waals surface area contributed by atoms with Gasteiger partial charge < -0.3 is 4.57 Å². The number of aromatic nitrogens is 4. The minimum absolute atomic E-state index is 0.614. The molecule has 11 rings (SSSR count). The van der Waals surface area contributed by atoms with Crippen LogP contribution < -0.4 is 0 Å². The molecule has 0 saturated heterocycles. The lowest BCUT2D eigenvalue weighted by Crippen LogP contribution is -2.02. The van der Waals surface area contributed by atoms with E-state index in [1.165, 1.54) is 27.3 Å². The van der Waals surface area contributed by atoms with Crippen LogP contribution in [0.5, 0.6) is 0 Å². The highest BCUT2D eigenvalue weighted by Crippen LogP contribution is 2.40. The van der Waals surface area contributed by atoms with Crippen LogP contribution in [0.1, 0.15) is 0 Å². The summed E-state index contributed by atoms with van der Waals surface area (Å²) in [5, 5.41) is 7.01. The zero-order valence-electron chi connectivity index (χ0n) is 30.9. The van der Waals surface area contributed by atoms with Crippen molar-refractivity contribution >= 4 is 43.4 Å². The molecular weight excluding hydrogens is 693 g/mol. The summed E-state index contributed by atoms with van der Waals surface area (Å²) in [5.74, 6) is 1.87. The van der Waals surface area contributed by atoms with Crippen molar-refractivity contribution in [2.45, 2.75) is 0 Å². The molecule has 0 N–H and O–H groups in total. The molecule has 266 valence electrons. The van der Waals surface area contributed by atoms with Crippen LogP contribution in [0.2, 0.25) is 0 Å². The van der Waals surface area contributed by atoms with E-state index < -0.39 is 0 Å². The molecule has 2 heterocycles. The van der Waals surface area contributed by atoms with Gasteiger partial charge in [0, 0.05) is 33.0 Å². The summed E-state index contributed by atoms with van der Waals surface area (Å²) in [6.45, 7) is 0. The molecule has 11 aromatic rings. The van der Waals surface area contributed by atoms with Gasteiger partial charge in [0.2, 0.25) is 0 Å². The van der Waals surface area contributed by atoms with E-state index in [4.69, 9.17) is 15.0 Å². The number of hydrogen-bond acceptors (Lipinski definition) is 3. The summed E-state index contributed by atoms with van der Waals surface area (Å²) in [6.07, 6.45) is 0. The largest absolute Gasteiger partial charge is 0.309 e. The summed E-state index contributed by atoms with van der Waals surface area (Å²) in [5.41, 5.74) is 10.8. The number of para-hydroxylation sites is 2. The third-order valence-electron chi connectivity index (χ3n) is 11.0. The van der Waals surface area contributed by atoms with Crippen LogP contribution in [-0.2, 0) is 0 Å². The van der Waals surface area contributed by atoms with Crippen LogP contribution in [0, 0.1) is 0 Å². The molecule has 0 aliphatic rings. The molecule has 0 aliphatic heterocycles. The molecule has 0 radical (unpaired) electrons. The van der Waals surface area contributed by atoms with E-state index in [-0.39, 0.29) is 0 Å². The highest BCUT2D eigenvalue weighted by molar-refractivity contribution is 6.14. The Labute approximate surface area is 330 Å². The average Bonchev–Trinajstić information content (AvgIpc) is 3.63. The first-order chi connectivity index (χ1) is 28.3. The van der Waals surface area contributed by atoms with Crippen molar-refractivity contribution in [1.29, 1.82) is 0 Å². The van der Waals surface area contributed by atoms with E-state index in [0.29, 0.717) is 17.5 Å². The van der Waals surface area contributed by atoms with Gasteiger partial charge in [-0.3, -0.25) is 0 Å². The maximum atomic E-state index is 5.35. The van der Waals surface area contributed by atoms with Crippen LogP contribution in [0.25, 0.3) is 105 Å². The van der Waals surface area contributed by atoms with Gasteiger partial charge in [0.1, 0.15) is 0 Å². The average molecular weight is 727 g/mol.